The van der Waals surface area contributed by atoms with E-state index in [1.54, 1.807) is 11.8 Å². The van der Waals surface area contributed by atoms with E-state index in [-0.39, 0.29) is 12.0 Å². The summed E-state index contributed by atoms with van der Waals surface area (Å²) in [5.41, 5.74) is 2.07. The van der Waals surface area contributed by atoms with E-state index in [0.29, 0.717) is 12.1 Å². The molecular weight excluding hydrogens is 380 g/mol. The summed E-state index contributed by atoms with van der Waals surface area (Å²) in [6.07, 6.45) is 6.45. The van der Waals surface area contributed by atoms with Crippen LogP contribution in [0.4, 0.5) is 0 Å². The van der Waals surface area contributed by atoms with Gasteiger partial charge in [0, 0.05) is 31.7 Å². The van der Waals surface area contributed by atoms with Gasteiger partial charge in [-0.05, 0) is 61.5 Å². The van der Waals surface area contributed by atoms with Crippen LogP contribution >= 0.6 is 11.8 Å². The third kappa shape index (κ3) is 7.41. The molecule has 2 aromatic carbocycles. The summed E-state index contributed by atoms with van der Waals surface area (Å²) in [4.78, 5) is 14.8. The van der Waals surface area contributed by atoms with Gasteiger partial charge < -0.3 is 15.0 Å². The Labute approximate surface area is 179 Å². The summed E-state index contributed by atoms with van der Waals surface area (Å²) in [6, 6.07) is 18.2. The van der Waals surface area contributed by atoms with Crippen LogP contribution in [0.15, 0.2) is 54.6 Å². The number of carbonyl (C=O) groups excluding carboxylic acids is 1. The largest absolute Gasteiger partial charge is 0.490 e. The molecule has 0 spiro atoms. The van der Waals surface area contributed by atoms with E-state index in [9.17, 15) is 4.79 Å². The van der Waals surface area contributed by atoms with Crippen LogP contribution in [-0.4, -0.2) is 55.1 Å². The zero-order chi connectivity index (χ0) is 20.3. The second kappa shape index (κ2) is 11.9. The fourth-order valence-electron chi connectivity index (χ4n) is 3.61. The predicted molar refractivity (Wildman–Crippen MR) is 122 cm³/mol. The second-order valence-electron chi connectivity index (χ2n) is 7.52. The fraction of sp³-hybridized carbons (Fsp3) is 0.458. The van der Waals surface area contributed by atoms with Crippen molar-refractivity contribution in [1.82, 2.24) is 10.2 Å². The van der Waals surface area contributed by atoms with Gasteiger partial charge in [-0.15, -0.1) is 0 Å². The van der Waals surface area contributed by atoms with Crippen molar-refractivity contribution >= 4 is 17.7 Å². The van der Waals surface area contributed by atoms with Crippen LogP contribution in [0.1, 0.15) is 35.2 Å². The molecule has 2 aromatic rings. The third-order valence-electron chi connectivity index (χ3n) is 5.30. The van der Waals surface area contributed by atoms with E-state index in [4.69, 9.17) is 4.74 Å². The lowest BCUT2D eigenvalue weighted by molar-refractivity contribution is 0.0945. The highest BCUT2D eigenvalue weighted by atomic mass is 32.2. The van der Waals surface area contributed by atoms with Crippen molar-refractivity contribution in [3.8, 4) is 5.75 Å². The van der Waals surface area contributed by atoms with Crippen LogP contribution < -0.4 is 10.1 Å². The topological polar surface area (TPSA) is 41.6 Å². The minimum atomic E-state index is -0.0210. The molecule has 4 nitrogen and oxygen atoms in total. The summed E-state index contributed by atoms with van der Waals surface area (Å²) >= 11 is 1.80. The number of rotatable bonds is 10. The number of ether oxygens (including phenoxy) is 1. The van der Waals surface area contributed by atoms with Gasteiger partial charge in [0.25, 0.3) is 5.91 Å². The lowest BCUT2D eigenvalue weighted by Crippen LogP contribution is -2.39. The van der Waals surface area contributed by atoms with Gasteiger partial charge >= 0.3 is 0 Å². The summed E-state index contributed by atoms with van der Waals surface area (Å²) < 4.78 is 6.19. The molecule has 0 aromatic heterocycles. The van der Waals surface area contributed by atoms with Crippen LogP contribution in [0.3, 0.4) is 0 Å². The maximum atomic E-state index is 12.3. The molecule has 1 aliphatic heterocycles. The standard InChI is InChI=1S/C24H32N2O2S/c1-29-18-6-14-25-24(27)21-9-5-10-23(19-21)28-22-12-16-26(17-13-22)15-11-20-7-3-2-4-8-20/h2-5,7-10,19,22H,6,11-18H2,1H3,(H,25,27). The van der Waals surface area contributed by atoms with Gasteiger partial charge in [-0.25, -0.2) is 0 Å². The average molecular weight is 413 g/mol. The smallest absolute Gasteiger partial charge is 0.251 e. The van der Waals surface area contributed by atoms with Crippen molar-refractivity contribution in [3.63, 3.8) is 0 Å². The first-order valence-corrected chi connectivity index (χ1v) is 11.9. The van der Waals surface area contributed by atoms with Crippen LogP contribution in [0.25, 0.3) is 0 Å². The molecule has 0 bridgehead atoms. The number of carbonyl (C=O) groups is 1. The first kappa shape index (κ1) is 21.7. The van der Waals surface area contributed by atoms with Crippen molar-refractivity contribution < 1.29 is 9.53 Å². The first-order chi connectivity index (χ1) is 14.2. The molecule has 1 fully saturated rings. The SMILES string of the molecule is CSCCCNC(=O)c1cccc(OC2CCN(CCc3ccccc3)CC2)c1. The fourth-order valence-corrected chi connectivity index (χ4v) is 4.04. The molecule has 1 N–H and O–H groups in total. The summed E-state index contributed by atoms with van der Waals surface area (Å²) in [5, 5.41) is 2.98. The second-order valence-corrected chi connectivity index (χ2v) is 8.51. The maximum Gasteiger partial charge on any atom is 0.251 e. The minimum Gasteiger partial charge on any atom is -0.490 e. The number of nitrogens with zero attached hydrogens (tertiary/aromatic N) is 1. The molecule has 1 amide bonds. The molecule has 0 radical (unpaired) electrons. The minimum absolute atomic E-state index is 0.0210. The van der Waals surface area contributed by atoms with Crippen LogP contribution in [0.5, 0.6) is 5.75 Å². The average Bonchev–Trinajstić information content (AvgIpc) is 2.77. The Morgan fingerprint density at radius 1 is 1.14 bits per heavy atom. The van der Waals surface area contributed by atoms with Gasteiger partial charge in [0.1, 0.15) is 11.9 Å². The molecule has 0 saturated carbocycles. The number of hydrogen-bond donors (Lipinski definition) is 1. The van der Waals surface area contributed by atoms with Gasteiger partial charge in [0.15, 0.2) is 0 Å². The normalized spacial score (nSPS) is 15.2. The van der Waals surface area contributed by atoms with Crippen LogP contribution in [0, 0.1) is 0 Å². The summed E-state index contributed by atoms with van der Waals surface area (Å²) in [6.45, 7) is 3.94. The number of piperidine rings is 1. The molecule has 5 heteroatoms. The van der Waals surface area contributed by atoms with Gasteiger partial charge in [-0.2, -0.15) is 11.8 Å². The predicted octanol–water partition coefficient (Wildman–Crippen LogP) is 4.26. The number of thioether (sulfide) groups is 1. The highest BCUT2D eigenvalue weighted by Gasteiger charge is 2.20. The van der Waals surface area contributed by atoms with Crippen LogP contribution in [0.2, 0.25) is 0 Å². The first-order valence-electron chi connectivity index (χ1n) is 10.5. The molecule has 0 aliphatic carbocycles. The van der Waals surface area contributed by atoms with E-state index in [0.717, 1.165) is 56.8 Å². The molecule has 1 aliphatic rings. The lowest BCUT2D eigenvalue weighted by Gasteiger charge is -2.32. The summed E-state index contributed by atoms with van der Waals surface area (Å²) in [5.74, 6) is 1.84. The molecule has 156 valence electrons. The van der Waals surface area contributed by atoms with E-state index in [1.807, 2.05) is 24.3 Å². The van der Waals surface area contributed by atoms with Crippen molar-refractivity contribution in [1.29, 1.82) is 0 Å². The van der Waals surface area contributed by atoms with Gasteiger partial charge in [-0.3, -0.25) is 4.79 Å². The van der Waals surface area contributed by atoms with Crippen molar-refractivity contribution in [3.05, 3.63) is 65.7 Å². The summed E-state index contributed by atoms with van der Waals surface area (Å²) in [7, 11) is 0. The van der Waals surface area contributed by atoms with E-state index in [2.05, 4.69) is 46.8 Å². The Morgan fingerprint density at radius 2 is 1.93 bits per heavy atom. The molecule has 1 heterocycles. The highest BCUT2D eigenvalue weighted by Crippen LogP contribution is 2.20. The van der Waals surface area contributed by atoms with E-state index in [1.165, 1.54) is 5.56 Å². The van der Waals surface area contributed by atoms with Crippen molar-refractivity contribution in [2.24, 2.45) is 0 Å². The Kier molecular flexibility index (Phi) is 8.90. The van der Waals surface area contributed by atoms with Gasteiger partial charge in [0.2, 0.25) is 0 Å². The van der Waals surface area contributed by atoms with Crippen molar-refractivity contribution in [2.45, 2.75) is 31.8 Å². The zero-order valence-electron chi connectivity index (χ0n) is 17.3. The number of likely N-dealkylation sites (tertiary alicyclic amines) is 1. The molecule has 1 saturated heterocycles. The Morgan fingerprint density at radius 3 is 2.69 bits per heavy atom. The number of hydrogen-bond acceptors (Lipinski definition) is 4. The molecular formula is C24H32N2O2S. The quantitative estimate of drug-likeness (QED) is 0.592. The monoisotopic (exact) mass is 412 g/mol. The number of amides is 1. The molecule has 3 rings (SSSR count). The maximum absolute atomic E-state index is 12.3. The van der Waals surface area contributed by atoms with E-state index < -0.39 is 0 Å². The molecule has 29 heavy (non-hydrogen) atoms. The molecule has 0 unspecified atom stereocenters. The Bertz CT molecular complexity index is 746. The lowest BCUT2D eigenvalue weighted by atomic mass is 10.1. The van der Waals surface area contributed by atoms with E-state index >= 15 is 0 Å². The highest BCUT2D eigenvalue weighted by molar-refractivity contribution is 7.98. The van der Waals surface area contributed by atoms with Gasteiger partial charge in [0.05, 0.1) is 0 Å². The third-order valence-corrected chi connectivity index (χ3v) is 6.00. The number of benzene rings is 2. The van der Waals surface area contributed by atoms with Crippen molar-refractivity contribution in [2.75, 3.05) is 38.2 Å². The zero-order valence-corrected chi connectivity index (χ0v) is 18.1. The van der Waals surface area contributed by atoms with Crippen LogP contribution in [-0.2, 0) is 6.42 Å². The Balaban J connectivity index is 1.41. The Hall–Kier alpha value is -1.98. The number of nitrogens with one attached hydrogen (secondary N) is 1. The molecule has 0 atom stereocenters. The van der Waals surface area contributed by atoms with Gasteiger partial charge in [-0.1, -0.05) is 36.4 Å².